The van der Waals surface area contributed by atoms with Gasteiger partial charge >= 0.3 is 6.09 Å². The first-order valence-corrected chi connectivity index (χ1v) is 18.3. The molecule has 14 nitrogen and oxygen atoms in total. The highest BCUT2D eigenvalue weighted by Gasteiger charge is 2.34. The Morgan fingerprint density at radius 1 is 0.904 bits per heavy atom. The molecule has 0 radical (unpaired) electrons. The van der Waals surface area contributed by atoms with E-state index in [0.717, 1.165) is 5.56 Å². The molecule has 6 amide bonds. The first-order valence-electron chi connectivity index (χ1n) is 18.3. The molecule has 1 unspecified atom stereocenters. The number of cyclic esters (lactones) is 1. The first kappa shape index (κ1) is 43.7. The highest BCUT2D eigenvalue weighted by molar-refractivity contribution is 5.94. The van der Waals surface area contributed by atoms with Crippen LogP contribution in [0.15, 0.2) is 42.5 Å². The van der Waals surface area contributed by atoms with Crippen LogP contribution >= 0.6 is 0 Å². The van der Waals surface area contributed by atoms with Crippen molar-refractivity contribution in [3.05, 3.63) is 48.0 Å². The second kappa shape index (κ2) is 22.5. The maximum atomic E-state index is 13.8. The third-order valence-electron chi connectivity index (χ3n) is 8.69. The van der Waals surface area contributed by atoms with E-state index < -0.39 is 72.3 Å². The molecule has 52 heavy (non-hydrogen) atoms. The molecule has 1 aromatic rings. The lowest BCUT2D eigenvalue weighted by Crippen LogP contribution is -2.58. The SMILES string of the molecule is CC(C)C[C@H](NC(=O)[C@@H]1CC(=O)NC/C=C/CCCOC(=O)N[C@@H](C(C)C)C(=O)N1)[C@@H](O)C[C@@H](C)C(=O)NC(C(=O)NCc1ccccc1)C(C)C. The average Bonchev–Trinajstić information content (AvgIpc) is 3.08. The highest BCUT2D eigenvalue weighted by atomic mass is 16.5. The number of nitrogens with one attached hydrogen (secondary N) is 6. The minimum absolute atomic E-state index is 0.0185. The van der Waals surface area contributed by atoms with Gasteiger partial charge in [0.05, 0.1) is 25.2 Å². The van der Waals surface area contributed by atoms with Gasteiger partial charge in [-0.1, -0.05) is 91.0 Å². The van der Waals surface area contributed by atoms with E-state index >= 15 is 0 Å². The minimum atomic E-state index is -1.34. The molecular formula is C38H60N6O8. The van der Waals surface area contributed by atoms with E-state index in [0.29, 0.717) is 25.8 Å². The van der Waals surface area contributed by atoms with Crippen molar-refractivity contribution in [2.24, 2.45) is 23.7 Å². The summed E-state index contributed by atoms with van der Waals surface area (Å²) >= 11 is 0. The van der Waals surface area contributed by atoms with E-state index in [-0.39, 0.29) is 43.2 Å². The third kappa shape index (κ3) is 15.8. The van der Waals surface area contributed by atoms with E-state index in [1.54, 1.807) is 26.8 Å². The van der Waals surface area contributed by atoms with Gasteiger partial charge in [-0.25, -0.2) is 4.79 Å². The molecule has 0 fully saturated rings. The number of carbonyl (C=O) groups is 6. The fraction of sp³-hybridized carbons (Fsp3) is 0.632. The summed E-state index contributed by atoms with van der Waals surface area (Å²) in [7, 11) is 0. The molecule has 1 aliphatic rings. The number of aliphatic hydroxyl groups is 1. The Morgan fingerprint density at radius 2 is 1.60 bits per heavy atom. The standard InChI is InChI=1S/C38H60N6O8/c1-23(2)19-28(30(45)20-26(7)34(47)43-32(24(3)4)36(49)40-22-27-15-11-10-12-16-27)41-35(48)29-21-31(46)39-17-13-8-9-14-18-52-38(51)44-33(25(5)6)37(50)42-29/h8,10-13,15-16,23-26,28-30,32-33,45H,9,14,17-22H2,1-7H3,(H,39,46)(H,40,49)(H,41,48)(H,42,50)(H,43,47)(H,44,51)/b13-8+/t26-,28+,29+,30+,32?,33+/m1/s1. The lowest BCUT2D eigenvalue weighted by atomic mass is 9.91. The molecule has 1 aliphatic heterocycles. The normalized spacial score (nSPS) is 20.7. The second-order valence-electron chi connectivity index (χ2n) is 14.6. The quantitative estimate of drug-likeness (QED) is 0.142. The van der Waals surface area contributed by atoms with Crippen molar-refractivity contribution < 1.29 is 38.6 Å². The van der Waals surface area contributed by atoms with Crippen LogP contribution in [0.3, 0.4) is 0 Å². The summed E-state index contributed by atoms with van der Waals surface area (Å²) in [5.41, 5.74) is 0.922. The molecule has 0 saturated heterocycles. The Kier molecular flexibility index (Phi) is 18.9. The topological polar surface area (TPSA) is 204 Å². The van der Waals surface area contributed by atoms with Crippen molar-refractivity contribution in [1.82, 2.24) is 31.9 Å². The van der Waals surface area contributed by atoms with Crippen LogP contribution in [0.4, 0.5) is 4.79 Å². The van der Waals surface area contributed by atoms with Gasteiger partial charge in [-0.3, -0.25) is 24.0 Å². The summed E-state index contributed by atoms with van der Waals surface area (Å²) in [6.07, 6.45) is 2.72. The van der Waals surface area contributed by atoms with E-state index in [1.165, 1.54) is 0 Å². The van der Waals surface area contributed by atoms with Crippen LogP contribution in [0.2, 0.25) is 0 Å². The molecular weight excluding hydrogens is 668 g/mol. The number of allylic oxidation sites excluding steroid dienone is 1. The maximum Gasteiger partial charge on any atom is 0.407 e. The molecule has 1 heterocycles. The Hall–Kier alpha value is -4.46. The zero-order valence-corrected chi connectivity index (χ0v) is 31.7. The largest absolute Gasteiger partial charge is 0.450 e. The predicted octanol–water partition coefficient (Wildman–Crippen LogP) is 2.45. The lowest BCUT2D eigenvalue weighted by molar-refractivity contribution is -0.134. The predicted molar refractivity (Wildman–Crippen MR) is 197 cm³/mol. The summed E-state index contributed by atoms with van der Waals surface area (Å²) in [5, 5.41) is 27.8. The van der Waals surface area contributed by atoms with Crippen LogP contribution in [-0.4, -0.2) is 84.2 Å². The number of hydrogen-bond donors (Lipinski definition) is 7. The molecule has 0 aromatic heterocycles. The summed E-state index contributed by atoms with van der Waals surface area (Å²) < 4.78 is 5.21. The van der Waals surface area contributed by atoms with Crippen molar-refractivity contribution in [2.75, 3.05) is 13.2 Å². The van der Waals surface area contributed by atoms with Gasteiger partial charge in [-0.2, -0.15) is 0 Å². The molecule has 6 atom stereocenters. The van der Waals surface area contributed by atoms with E-state index in [4.69, 9.17) is 4.74 Å². The Balaban J connectivity index is 2.18. The number of rotatable bonds is 14. The van der Waals surface area contributed by atoms with Crippen molar-refractivity contribution in [3.63, 3.8) is 0 Å². The van der Waals surface area contributed by atoms with Gasteiger partial charge in [-0.05, 0) is 49.0 Å². The lowest BCUT2D eigenvalue weighted by Gasteiger charge is -2.30. The number of carbonyl (C=O) groups excluding carboxylic acids is 6. The van der Waals surface area contributed by atoms with Crippen LogP contribution in [0, 0.1) is 23.7 Å². The fourth-order valence-corrected chi connectivity index (χ4v) is 5.63. The Labute approximate surface area is 308 Å². The zero-order valence-electron chi connectivity index (χ0n) is 31.7. The van der Waals surface area contributed by atoms with Gasteiger partial charge in [0, 0.05) is 19.0 Å². The minimum Gasteiger partial charge on any atom is -0.450 e. The van der Waals surface area contributed by atoms with Crippen LogP contribution in [0.25, 0.3) is 0 Å². The van der Waals surface area contributed by atoms with Crippen molar-refractivity contribution in [1.29, 1.82) is 0 Å². The molecule has 14 heteroatoms. The molecule has 2 rings (SSSR count). The number of benzene rings is 1. The van der Waals surface area contributed by atoms with Crippen molar-refractivity contribution >= 4 is 35.6 Å². The van der Waals surface area contributed by atoms with Crippen LogP contribution in [0.1, 0.15) is 86.1 Å². The van der Waals surface area contributed by atoms with E-state index in [9.17, 15) is 33.9 Å². The smallest absolute Gasteiger partial charge is 0.407 e. The molecule has 0 aliphatic carbocycles. The van der Waals surface area contributed by atoms with E-state index in [2.05, 4.69) is 31.9 Å². The number of aliphatic hydroxyl groups excluding tert-OH is 1. The summed E-state index contributed by atoms with van der Waals surface area (Å²) in [4.78, 5) is 78.8. The summed E-state index contributed by atoms with van der Waals surface area (Å²) in [6, 6.07) is 5.39. The molecule has 290 valence electrons. The van der Waals surface area contributed by atoms with Crippen LogP contribution in [0.5, 0.6) is 0 Å². The van der Waals surface area contributed by atoms with E-state index in [1.807, 2.05) is 64.1 Å². The zero-order chi connectivity index (χ0) is 38.8. The molecule has 0 saturated carbocycles. The monoisotopic (exact) mass is 728 g/mol. The molecule has 0 bridgehead atoms. The van der Waals surface area contributed by atoms with Crippen LogP contribution < -0.4 is 31.9 Å². The number of alkyl carbamates (subject to hydrolysis) is 1. The van der Waals surface area contributed by atoms with Gasteiger partial charge in [0.2, 0.25) is 29.5 Å². The fourth-order valence-electron chi connectivity index (χ4n) is 5.63. The number of ether oxygens (including phenoxy) is 1. The van der Waals surface area contributed by atoms with Crippen molar-refractivity contribution in [2.45, 2.75) is 117 Å². The van der Waals surface area contributed by atoms with Gasteiger partial charge < -0.3 is 41.7 Å². The first-order chi connectivity index (χ1) is 24.6. The van der Waals surface area contributed by atoms with Gasteiger partial charge in [-0.15, -0.1) is 0 Å². The molecule has 0 spiro atoms. The van der Waals surface area contributed by atoms with Gasteiger partial charge in [0.1, 0.15) is 18.1 Å². The Morgan fingerprint density at radius 3 is 2.23 bits per heavy atom. The van der Waals surface area contributed by atoms with Gasteiger partial charge in [0.15, 0.2) is 0 Å². The summed E-state index contributed by atoms with van der Waals surface area (Å²) in [5.74, 6) is -3.92. The van der Waals surface area contributed by atoms with Gasteiger partial charge in [0.25, 0.3) is 0 Å². The number of amides is 6. The molecule has 1 aromatic carbocycles. The Bertz CT molecular complexity index is 1350. The highest BCUT2D eigenvalue weighted by Crippen LogP contribution is 2.17. The maximum absolute atomic E-state index is 13.8. The molecule has 7 N–H and O–H groups in total. The average molecular weight is 729 g/mol. The number of hydrogen-bond acceptors (Lipinski definition) is 8. The second-order valence-corrected chi connectivity index (χ2v) is 14.6. The summed E-state index contributed by atoms with van der Waals surface area (Å²) in [6.45, 7) is 13.2. The van der Waals surface area contributed by atoms with Crippen molar-refractivity contribution in [3.8, 4) is 0 Å². The van der Waals surface area contributed by atoms with Crippen LogP contribution in [-0.2, 0) is 35.3 Å². The third-order valence-corrected chi connectivity index (χ3v) is 8.69.